The van der Waals surface area contributed by atoms with Crippen molar-refractivity contribution in [2.75, 3.05) is 18.5 Å². The van der Waals surface area contributed by atoms with Crippen molar-refractivity contribution >= 4 is 11.7 Å². The number of hydrogen-bond donors (Lipinski definition) is 2. The topological polar surface area (TPSA) is 76.1 Å². The lowest BCUT2D eigenvalue weighted by atomic mass is 10.1. The minimum atomic E-state index is -4.56. The number of halogens is 3. The Morgan fingerprint density at radius 1 is 0.931 bits per heavy atom. The lowest BCUT2D eigenvalue weighted by Crippen LogP contribution is -2.32. The minimum absolute atomic E-state index is 0.0716. The van der Waals surface area contributed by atoms with Gasteiger partial charge in [0, 0.05) is 11.6 Å². The Bertz CT molecular complexity index is 948. The van der Waals surface area contributed by atoms with Crippen LogP contribution in [0.3, 0.4) is 0 Å². The average molecular weight is 402 g/mol. The van der Waals surface area contributed by atoms with Crippen LogP contribution < -0.4 is 15.4 Å². The summed E-state index contributed by atoms with van der Waals surface area (Å²) in [6.07, 6.45) is -4.56. The van der Waals surface area contributed by atoms with E-state index in [4.69, 9.17) is 4.74 Å². The molecule has 9 heteroatoms. The molecule has 0 aliphatic heterocycles. The average Bonchev–Trinajstić information content (AvgIpc) is 2.72. The maximum atomic E-state index is 12.9. The molecule has 0 aliphatic rings. The minimum Gasteiger partial charge on any atom is -0.475 e. The zero-order valence-electron chi connectivity index (χ0n) is 15.1. The van der Waals surface area contributed by atoms with Gasteiger partial charge in [0.1, 0.15) is 6.61 Å². The van der Waals surface area contributed by atoms with Crippen molar-refractivity contribution < 1.29 is 22.7 Å². The summed E-state index contributed by atoms with van der Waals surface area (Å²) < 4.78 is 44.2. The van der Waals surface area contributed by atoms with Crippen LogP contribution in [0.1, 0.15) is 5.56 Å². The van der Waals surface area contributed by atoms with Crippen molar-refractivity contribution in [3.8, 4) is 17.1 Å². The summed E-state index contributed by atoms with van der Waals surface area (Å²) in [7, 11) is 0. The number of aromatic nitrogens is 2. The van der Waals surface area contributed by atoms with Crippen LogP contribution in [-0.2, 0) is 6.18 Å². The van der Waals surface area contributed by atoms with E-state index in [1.165, 1.54) is 18.2 Å². The van der Waals surface area contributed by atoms with Crippen LogP contribution in [0, 0.1) is 0 Å². The van der Waals surface area contributed by atoms with E-state index in [1.54, 1.807) is 12.1 Å². The normalized spacial score (nSPS) is 11.0. The zero-order valence-corrected chi connectivity index (χ0v) is 15.1. The first-order valence-electron chi connectivity index (χ1n) is 8.66. The number of urea groups is 1. The number of para-hydroxylation sites is 1. The van der Waals surface area contributed by atoms with Gasteiger partial charge in [-0.15, -0.1) is 10.2 Å². The van der Waals surface area contributed by atoms with Crippen molar-refractivity contribution in [1.82, 2.24) is 15.5 Å². The molecule has 2 amide bonds. The Morgan fingerprint density at radius 2 is 1.66 bits per heavy atom. The molecule has 2 N–H and O–H groups in total. The number of rotatable bonds is 6. The molecular formula is C20H17F3N4O2. The van der Waals surface area contributed by atoms with E-state index in [9.17, 15) is 18.0 Å². The van der Waals surface area contributed by atoms with Gasteiger partial charge in [0.25, 0.3) is 0 Å². The van der Waals surface area contributed by atoms with Crippen molar-refractivity contribution in [2.45, 2.75) is 6.18 Å². The van der Waals surface area contributed by atoms with E-state index in [2.05, 4.69) is 20.8 Å². The third-order valence-electron chi connectivity index (χ3n) is 3.83. The highest BCUT2D eigenvalue weighted by Crippen LogP contribution is 2.34. The van der Waals surface area contributed by atoms with E-state index < -0.39 is 17.8 Å². The van der Waals surface area contributed by atoms with Crippen LogP contribution in [0.4, 0.5) is 23.7 Å². The molecule has 0 radical (unpaired) electrons. The van der Waals surface area contributed by atoms with Crippen molar-refractivity contribution in [3.05, 3.63) is 72.3 Å². The number of nitrogens with one attached hydrogen (secondary N) is 2. The predicted molar refractivity (Wildman–Crippen MR) is 101 cm³/mol. The molecule has 0 saturated heterocycles. The van der Waals surface area contributed by atoms with E-state index in [-0.39, 0.29) is 24.7 Å². The predicted octanol–water partition coefficient (Wildman–Crippen LogP) is 4.36. The summed E-state index contributed by atoms with van der Waals surface area (Å²) in [4.78, 5) is 11.8. The fourth-order valence-corrected chi connectivity index (χ4v) is 2.49. The summed E-state index contributed by atoms with van der Waals surface area (Å²) in [6, 6.07) is 16.9. The van der Waals surface area contributed by atoms with Crippen LogP contribution in [-0.4, -0.2) is 29.4 Å². The third kappa shape index (κ3) is 5.68. The number of carbonyl (C=O) groups excluding carboxylic acids is 1. The van der Waals surface area contributed by atoms with Gasteiger partial charge in [-0.1, -0.05) is 42.5 Å². The molecule has 150 valence electrons. The molecular weight excluding hydrogens is 385 g/mol. The molecule has 0 spiro atoms. The number of amides is 2. The summed E-state index contributed by atoms with van der Waals surface area (Å²) in [5.74, 6) is 0.273. The summed E-state index contributed by atoms with van der Waals surface area (Å²) in [5.41, 5.74) is 0.378. The number of carbonyl (C=O) groups is 1. The molecule has 0 unspecified atom stereocenters. The molecule has 3 rings (SSSR count). The molecule has 1 aromatic heterocycles. The summed E-state index contributed by atoms with van der Waals surface area (Å²) in [6.45, 7) is 0.149. The number of anilines is 1. The number of benzene rings is 2. The van der Waals surface area contributed by atoms with Crippen molar-refractivity contribution in [2.24, 2.45) is 0 Å². The second-order valence-electron chi connectivity index (χ2n) is 5.90. The van der Waals surface area contributed by atoms with E-state index in [0.717, 1.165) is 11.6 Å². The van der Waals surface area contributed by atoms with Gasteiger partial charge in [-0.25, -0.2) is 4.79 Å². The Balaban J connectivity index is 1.46. The largest absolute Gasteiger partial charge is 0.475 e. The van der Waals surface area contributed by atoms with Crippen molar-refractivity contribution in [3.63, 3.8) is 0 Å². The van der Waals surface area contributed by atoms with Crippen LogP contribution in [0.5, 0.6) is 5.88 Å². The molecule has 0 saturated carbocycles. The lowest BCUT2D eigenvalue weighted by molar-refractivity contribution is -0.136. The number of nitrogens with zero attached hydrogens (tertiary/aromatic N) is 2. The second-order valence-corrected chi connectivity index (χ2v) is 5.90. The monoisotopic (exact) mass is 402 g/mol. The Kier molecular flexibility index (Phi) is 6.28. The van der Waals surface area contributed by atoms with Gasteiger partial charge in [0.2, 0.25) is 5.88 Å². The van der Waals surface area contributed by atoms with Gasteiger partial charge < -0.3 is 15.4 Å². The smallest absolute Gasteiger partial charge is 0.418 e. The molecule has 0 aliphatic carbocycles. The van der Waals surface area contributed by atoms with Crippen LogP contribution in [0.15, 0.2) is 66.7 Å². The standard InChI is InChI=1S/C20H17F3N4O2/c21-20(22,23)15-8-4-5-9-17(15)25-19(28)24-12-13-29-18-11-10-16(26-27-18)14-6-2-1-3-7-14/h1-11H,12-13H2,(H2,24,25,28). The Morgan fingerprint density at radius 3 is 2.34 bits per heavy atom. The highest BCUT2D eigenvalue weighted by molar-refractivity contribution is 5.90. The highest BCUT2D eigenvalue weighted by Gasteiger charge is 2.33. The molecule has 2 aromatic carbocycles. The molecule has 6 nitrogen and oxygen atoms in total. The quantitative estimate of drug-likeness (QED) is 0.601. The second kappa shape index (κ2) is 9.05. The maximum absolute atomic E-state index is 12.9. The van der Waals surface area contributed by atoms with Gasteiger partial charge in [-0.05, 0) is 18.2 Å². The number of alkyl halides is 3. The fourth-order valence-electron chi connectivity index (χ4n) is 2.49. The maximum Gasteiger partial charge on any atom is 0.418 e. The third-order valence-corrected chi connectivity index (χ3v) is 3.83. The van der Waals surface area contributed by atoms with E-state index in [1.807, 2.05) is 30.3 Å². The SMILES string of the molecule is O=C(NCCOc1ccc(-c2ccccc2)nn1)Nc1ccccc1C(F)(F)F. The molecule has 1 heterocycles. The number of hydrogen-bond acceptors (Lipinski definition) is 4. The van der Waals surface area contributed by atoms with Gasteiger partial charge in [-0.2, -0.15) is 13.2 Å². The molecule has 0 atom stereocenters. The summed E-state index contributed by atoms with van der Waals surface area (Å²) >= 11 is 0. The van der Waals surface area contributed by atoms with Crippen LogP contribution in [0.25, 0.3) is 11.3 Å². The van der Waals surface area contributed by atoms with E-state index in [0.29, 0.717) is 5.69 Å². The lowest BCUT2D eigenvalue weighted by Gasteiger charge is -2.14. The summed E-state index contributed by atoms with van der Waals surface area (Å²) in [5, 5.41) is 12.6. The van der Waals surface area contributed by atoms with Gasteiger partial charge in [-0.3, -0.25) is 0 Å². The number of ether oxygens (including phenoxy) is 1. The van der Waals surface area contributed by atoms with Crippen LogP contribution in [0.2, 0.25) is 0 Å². The molecule has 0 bridgehead atoms. The Labute approximate surface area is 164 Å². The molecule has 3 aromatic rings. The zero-order chi connectivity index (χ0) is 20.7. The highest BCUT2D eigenvalue weighted by atomic mass is 19.4. The van der Waals surface area contributed by atoms with Crippen molar-refractivity contribution in [1.29, 1.82) is 0 Å². The van der Waals surface area contributed by atoms with Gasteiger partial charge >= 0.3 is 12.2 Å². The van der Waals surface area contributed by atoms with Crippen LogP contribution >= 0.6 is 0 Å². The van der Waals surface area contributed by atoms with E-state index >= 15 is 0 Å². The first-order valence-corrected chi connectivity index (χ1v) is 8.66. The molecule has 29 heavy (non-hydrogen) atoms. The first kappa shape index (κ1) is 20.1. The van der Waals surface area contributed by atoms with Gasteiger partial charge in [0.15, 0.2) is 0 Å². The first-order chi connectivity index (χ1) is 13.9. The fraction of sp³-hybridized carbons (Fsp3) is 0.150. The van der Waals surface area contributed by atoms with Gasteiger partial charge in [0.05, 0.1) is 23.5 Å². The molecule has 0 fully saturated rings. The Hall–Kier alpha value is -3.62.